The van der Waals surface area contributed by atoms with Gasteiger partial charge in [0.2, 0.25) is 0 Å². The van der Waals surface area contributed by atoms with E-state index in [1.165, 1.54) is 6.07 Å². The number of fused-ring (bicyclic) bond motifs is 1. The number of nitro benzene ring substituents is 1. The van der Waals surface area contributed by atoms with E-state index in [0.29, 0.717) is 16.7 Å². The molecule has 0 atom stereocenters. The number of hydrogen-bond donors (Lipinski definition) is 0. The number of para-hydroxylation sites is 1. The third-order valence-electron chi connectivity index (χ3n) is 3.39. The standard InChI is InChI=1S/C15H12BrN3O3/c1-22-11-7-5-10(6-8-11)9-18-14-12(15(16)17-18)3-2-4-13(14)19(20)21/h2-8H,9H2,1H3. The van der Waals surface area contributed by atoms with Gasteiger partial charge in [-0.2, -0.15) is 5.10 Å². The van der Waals surface area contributed by atoms with E-state index in [0.717, 1.165) is 16.7 Å². The predicted octanol–water partition coefficient (Wildman–Crippen LogP) is 3.76. The molecule has 0 spiro atoms. The van der Waals surface area contributed by atoms with Gasteiger partial charge in [0.15, 0.2) is 0 Å². The van der Waals surface area contributed by atoms with Crippen molar-refractivity contribution in [3.05, 3.63) is 62.7 Å². The van der Waals surface area contributed by atoms with Crippen LogP contribution in [0.2, 0.25) is 0 Å². The quantitative estimate of drug-likeness (QED) is 0.523. The fourth-order valence-corrected chi connectivity index (χ4v) is 2.86. The molecule has 7 heteroatoms. The Morgan fingerprint density at radius 1 is 1.27 bits per heavy atom. The van der Waals surface area contributed by atoms with E-state index >= 15 is 0 Å². The van der Waals surface area contributed by atoms with E-state index in [1.54, 1.807) is 17.9 Å². The molecule has 0 aliphatic rings. The second kappa shape index (κ2) is 5.76. The van der Waals surface area contributed by atoms with Gasteiger partial charge in [0, 0.05) is 11.5 Å². The Hall–Kier alpha value is -2.41. The van der Waals surface area contributed by atoms with Gasteiger partial charge in [0.05, 0.1) is 18.6 Å². The first-order valence-corrected chi connectivity index (χ1v) is 7.32. The van der Waals surface area contributed by atoms with E-state index in [1.807, 2.05) is 30.3 Å². The largest absolute Gasteiger partial charge is 0.497 e. The topological polar surface area (TPSA) is 70.2 Å². The zero-order chi connectivity index (χ0) is 15.7. The van der Waals surface area contributed by atoms with Crippen molar-refractivity contribution in [3.8, 4) is 5.75 Å². The lowest BCUT2D eigenvalue weighted by Crippen LogP contribution is -2.03. The summed E-state index contributed by atoms with van der Waals surface area (Å²) in [6, 6.07) is 12.5. The van der Waals surface area contributed by atoms with E-state index < -0.39 is 0 Å². The lowest BCUT2D eigenvalue weighted by Gasteiger charge is -2.05. The van der Waals surface area contributed by atoms with Crippen LogP contribution in [0.25, 0.3) is 10.9 Å². The maximum absolute atomic E-state index is 11.2. The summed E-state index contributed by atoms with van der Waals surface area (Å²) in [5.41, 5.74) is 1.54. The lowest BCUT2D eigenvalue weighted by atomic mass is 10.2. The number of nitrogens with zero attached hydrogens (tertiary/aromatic N) is 3. The minimum absolute atomic E-state index is 0.0456. The second-order valence-electron chi connectivity index (χ2n) is 4.73. The smallest absolute Gasteiger partial charge is 0.295 e. The van der Waals surface area contributed by atoms with Gasteiger partial charge in [-0.15, -0.1) is 0 Å². The van der Waals surface area contributed by atoms with Crippen LogP contribution >= 0.6 is 15.9 Å². The summed E-state index contributed by atoms with van der Waals surface area (Å²) in [6.07, 6.45) is 0. The van der Waals surface area contributed by atoms with Crippen LogP contribution in [-0.2, 0) is 6.54 Å². The van der Waals surface area contributed by atoms with Gasteiger partial charge in [-0.1, -0.05) is 18.2 Å². The lowest BCUT2D eigenvalue weighted by molar-refractivity contribution is -0.383. The number of benzene rings is 2. The summed E-state index contributed by atoms with van der Waals surface area (Å²) in [5, 5.41) is 16.3. The number of halogens is 1. The molecule has 0 fully saturated rings. The highest BCUT2D eigenvalue weighted by Crippen LogP contribution is 2.31. The number of rotatable bonds is 4. The molecule has 0 unspecified atom stereocenters. The maximum Gasteiger partial charge on any atom is 0.295 e. The molecule has 0 aliphatic heterocycles. The molecular formula is C15H12BrN3O3. The molecule has 1 heterocycles. The zero-order valence-corrected chi connectivity index (χ0v) is 13.3. The summed E-state index contributed by atoms with van der Waals surface area (Å²) in [7, 11) is 1.61. The monoisotopic (exact) mass is 361 g/mol. The van der Waals surface area contributed by atoms with Crippen molar-refractivity contribution >= 4 is 32.5 Å². The predicted molar refractivity (Wildman–Crippen MR) is 86.2 cm³/mol. The number of methoxy groups -OCH3 is 1. The molecule has 0 N–H and O–H groups in total. The SMILES string of the molecule is COc1ccc(Cn2nc(Br)c3cccc([N+](=O)[O-])c32)cc1. The van der Waals surface area contributed by atoms with E-state index in [-0.39, 0.29) is 10.6 Å². The maximum atomic E-state index is 11.2. The van der Waals surface area contributed by atoms with Crippen molar-refractivity contribution in [1.29, 1.82) is 0 Å². The van der Waals surface area contributed by atoms with Gasteiger partial charge in [-0.25, -0.2) is 0 Å². The van der Waals surface area contributed by atoms with Crippen molar-refractivity contribution < 1.29 is 9.66 Å². The van der Waals surface area contributed by atoms with E-state index in [2.05, 4.69) is 21.0 Å². The van der Waals surface area contributed by atoms with Crippen LogP contribution in [-0.4, -0.2) is 21.8 Å². The fraction of sp³-hybridized carbons (Fsp3) is 0.133. The molecule has 3 rings (SSSR count). The van der Waals surface area contributed by atoms with Crippen molar-refractivity contribution in [1.82, 2.24) is 9.78 Å². The zero-order valence-electron chi connectivity index (χ0n) is 11.7. The Balaban J connectivity index is 2.08. The molecule has 112 valence electrons. The number of non-ortho nitro benzene ring substituents is 1. The summed E-state index contributed by atoms with van der Waals surface area (Å²) >= 11 is 3.36. The highest BCUT2D eigenvalue weighted by atomic mass is 79.9. The van der Waals surface area contributed by atoms with Crippen LogP contribution in [0.4, 0.5) is 5.69 Å². The molecule has 22 heavy (non-hydrogen) atoms. The van der Waals surface area contributed by atoms with Crippen LogP contribution in [0, 0.1) is 10.1 Å². The Morgan fingerprint density at radius 3 is 2.64 bits per heavy atom. The van der Waals surface area contributed by atoms with Gasteiger partial charge >= 0.3 is 0 Å². The number of hydrogen-bond acceptors (Lipinski definition) is 4. The van der Waals surface area contributed by atoms with Crippen LogP contribution in [0.5, 0.6) is 5.75 Å². The minimum Gasteiger partial charge on any atom is -0.497 e. The first kappa shape index (κ1) is 14.5. The van der Waals surface area contributed by atoms with E-state index in [9.17, 15) is 10.1 Å². The van der Waals surface area contributed by atoms with Crippen LogP contribution in [0.15, 0.2) is 47.1 Å². The molecule has 0 saturated carbocycles. The van der Waals surface area contributed by atoms with Gasteiger partial charge in [0.1, 0.15) is 15.9 Å². The highest BCUT2D eigenvalue weighted by Gasteiger charge is 2.19. The first-order valence-electron chi connectivity index (χ1n) is 6.52. The molecule has 0 aliphatic carbocycles. The molecule has 2 aromatic carbocycles. The van der Waals surface area contributed by atoms with Gasteiger partial charge in [-0.3, -0.25) is 14.8 Å². The molecule has 0 amide bonds. The van der Waals surface area contributed by atoms with Gasteiger partial charge < -0.3 is 4.74 Å². The molecular weight excluding hydrogens is 350 g/mol. The molecule has 3 aromatic rings. The minimum atomic E-state index is -0.388. The third-order valence-corrected chi connectivity index (χ3v) is 3.98. The van der Waals surface area contributed by atoms with E-state index in [4.69, 9.17) is 4.74 Å². The summed E-state index contributed by atoms with van der Waals surface area (Å²) in [6.45, 7) is 0.441. The average Bonchev–Trinajstić information content (AvgIpc) is 2.84. The summed E-state index contributed by atoms with van der Waals surface area (Å²) in [5.74, 6) is 0.765. The van der Waals surface area contributed by atoms with Gasteiger partial charge in [-0.05, 0) is 39.7 Å². The van der Waals surface area contributed by atoms with Crippen LogP contribution < -0.4 is 4.74 Å². The number of ether oxygens (including phenoxy) is 1. The Bertz CT molecular complexity index is 843. The highest BCUT2D eigenvalue weighted by molar-refractivity contribution is 9.10. The Kier molecular flexibility index (Phi) is 3.81. The molecule has 0 saturated heterocycles. The molecule has 1 aromatic heterocycles. The van der Waals surface area contributed by atoms with Crippen molar-refractivity contribution in [3.63, 3.8) is 0 Å². The molecule has 0 bridgehead atoms. The van der Waals surface area contributed by atoms with Crippen molar-refractivity contribution in [2.45, 2.75) is 6.54 Å². The third kappa shape index (κ3) is 2.55. The molecule has 6 nitrogen and oxygen atoms in total. The molecule has 0 radical (unpaired) electrons. The van der Waals surface area contributed by atoms with Crippen molar-refractivity contribution in [2.75, 3.05) is 7.11 Å². The number of nitro groups is 1. The normalized spacial score (nSPS) is 10.8. The van der Waals surface area contributed by atoms with Gasteiger partial charge in [0.25, 0.3) is 5.69 Å². The Morgan fingerprint density at radius 2 is 2.00 bits per heavy atom. The number of aromatic nitrogens is 2. The van der Waals surface area contributed by atoms with Crippen molar-refractivity contribution in [2.24, 2.45) is 0 Å². The Labute approximate surface area is 134 Å². The summed E-state index contributed by atoms with van der Waals surface area (Å²) < 4.78 is 7.36. The fourth-order valence-electron chi connectivity index (χ4n) is 2.34. The first-order chi connectivity index (χ1) is 10.6. The van der Waals surface area contributed by atoms with Crippen LogP contribution in [0.1, 0.15) is 5.56 Å². The average molecular weight is 362 g/mol. The second-order valence-corrected chi connectivity index (χ2v) is 5.48. The summed E-state index contributed by atoms with van der Waals surface area (Å²) in [4.78, 5) is 10.9. The van der Waals surface area contributed by atoms with Crippen LogP contribution in [0.3, 0.4) is 0 Å².